The maximum atomic E-state index is 8.00. The molecule has 4 rings (SSSR count). The maximum Gasteiger partial charge on any atom is 0.333 e. The predicted molar refractivity (Wildman–Crippen MR) is 147 cm³/mol. The summed E-state index contributed by atoms with van der Waals surface area (Å²) < 4.78 is 32.8. The molecule has 0 atom stereocenters. The van der Waals surface area contributed by atoms with E-state index in [0.717, 1.165) is 37.6 Å². The van der Waals surface area contributed by atoms with Gasteiger partial charge >= 0.3 is 17.2 Å². The zero-order valence-corrected chi connectivity index (χ0v) is 27.1. The van der Waals surface area contributed by atoms with E-state index >= 15 is 0 Å². The molecule has 13 heteroatoms. The third kappa shape index (κ3) is 21.9. The second-order valence-corrected chi connectivity index (χ2v) is 9.80. The second kappa shape index (κ2) is 31.0. The van der Waals surface area contributed by atoms with Crippen molar-refractivity contribution in [3.05, 3.63) is 71.8 Å². The Kier molecular flexibility index (Phi) is 33.3. The van der Waals surface area contributed by atoms with Crippen LogP contribution in [-0.4, -0.2) is 53.6 Å². The Morgan fingerprint density at radius 2 is 0.846 bits per heavy atom. The van der Waals surface area contributed by atoms with Crippen molar-refractivity contribution in [2.75, 3.05) is 26.4 Å². The van der Waals surface area contributed by atoms with Crippen LogP contribution >= 0.6 is 17.2 Å². The number of benzene rings is 2. The monoisotopic (exact) mass is 756 g/mol. The molecule has 0 spiro atoms. The van der Waals surface area contributed by atoms with Gasteiger partial charge < -0.3 is 46.3 Å². The maximum absolute atomic E-state index is 8.00. The minimum atomic E-state index is -1.12. The van der Waals surface area contributed by atoms with Gasteiger partial charge in [-0.15, -0.1) is 0 Å². The Morgan fingerprint density at radius 3 is 1.10 bits per heavy atom. The summed E-state index contributed by atoms with van der Waals surface area (Å²) in [4.78, 5) is 32.0. The Bertz CT molecular complexity index is 696. The quantitative estimate of drug-likeness (QED) is 0.350. The summed E-state index contributed by atoms with van der Waals surface area (Å²) in [6.45, 7) is 16.3. The molecule has 2 fully saturated rings. The van der Waals surface area contributed by atoms with Gasteiger partial charge in [0.2, 0.25) is 0 Å². The topological polar surface area (TPSA) is 124 Å². The molecule has 0 bridgehead atoms. The Hall–Kier alpha value is -1.57. The standard InChI is InChI=1S/2C11H15O3P.4CH2O.W/c2*1-10-7-12-15(13-8-10)14-9-11-5-3-2-4-6-11;4*1-2;/h2*2-6,10H,7-9H2,1H3;4*1H2;. The first-order chi connectivity index (χ1) is 18.7. The molecule has 2 saturated heterocycles. The minimum absolute atomic E-state index is 0. The average molecular weight is 756 g/mol. The SMILES string of the molecule is C=O.C=O.C=O.C=O.CC1COP(OCc2ccccc2)OC1.CC1COP(OCc2ccccc2)OC1.[W]. The van der Waals surface area contributed by atoms with Crippen LogP contribution in [0.3, 0.4) is 0 Å². The van der Waals surface area contributed by atoms with E-state index in [9.17, 15) is 0 Å². The first-order valence-corrected chi connectivity index (χ1v) is 13.5. The van der Waals surface area contributed by atoms with Gasteiger partial charge in [-0.1, -0.05) is 74.5 Å². The number of hydrogen-bond acceptors (Lipinski definition) is 10. The number of rotatable bonds is 6. The van der Waals surface area contributed by atoms with Gasteiger partial charge in [0, 0.05) is 32.9 Å². The fraction of sp³-hybridized carbons (Fsp3) is 0.385. The van der Waals surface area contributed by atoms with Gasteiger partial charge in [0.05, 0.1) is 39.6 Å². The van der Waals surface area contributed by atoms with E-state index < -0.39 is 17.2 Å². The van der Waals surface area contributed by atoms with Crippen LogP contribution in [0.25, 0.3) is 0 Å². The molecular weight excluding hydrogens is 718 g/mol. The molecule has 0 amide bonds. The molecule has 0 N–H and O–H groups in total. The molecule has 0 unspecified atom stereocenters. The van der Waals surface area contributed by atoms with E-state index in [1.807, 2.05) is 87.8 Å². The molecular formula is C26H38O10P2W. The van der Waals surface area contributed by atoms with E-state index in [-0.39, 0.29) is 21.1 Å². The summed E-state index contributed by atoms with van der Waals surface area (Å²) in [5.41, 5.74) is 2.29. The van der Waals surface area contributed by atoms with E-state index in [1.165, 1.54) is 0 Å². The van der Waals surface area contributed by atoms with E-state index in [1.54, 1.807) is 0 Å². The molecule has 2 aromatic carbocycles. The minimum Gasteiger partial charge on any atom is -0.312 e. The largest absolute Gasteiger partial charge is 0.333 e. The third-order valence-corrected chi connectivity index (χ3v) is 6.34. The van der Waals surface area contributed by atoms with Gasteiger partial charge in [0.1, 0.15) is 27.2 Å². The first kappa shape index (κ1) is 41.9. The molecule has 0 saturated carbocycles. The number of carbonyl (C=O) groups is 4. The smallest absolute Gasteiger partial charge is 0.312 e. The zero-order chi connectivity index (χ0) is 29.0. The summed E-state index contributed by atoms with van der Waals surface area (Å²) in [5, 5.41) is 0. The fourth-order valence-electron chi connectivity index (χ4n) is 2.48. The van der Waals surface area contributed by atoms with Gasteiger partial charge in [0.25, 0.3) is 0 Å². The van der Waals surface area contributed by atoms with Gasteiger partial charge in [-0.3, -0.25) is 0 Å². The summed E-state index contributed by atoms with van der Waals surface area (Å²) in [6.07, 6.45) is 0. The second-order valence-electron chi connectivity index (χ2n) is 7.36. The average Bonchev–Trinajstić information content (AvgIpc) is 3.02. The molecule has 10 nitrogen and oxygen atoms in total. The normalized spacial score (nSPS) is 20.8. The van der Waals surface area contributed by atoms with Crippen LogP contribution in [0.5, 0.6) is 0 Å². The zero-order valence-electron chi connectivity index (χ0n) is 22.4. The van der Waals surface area contributed by atoms with Crippen LogP contribution in [0.15, 0.2) is 60.7 Å². The van der Waals surface area contributed by atoms with Gasteiger partial charge in [-0.05, 0) is 11.1 Å². The molecule has 0 radical (unpaired) electrons. The number of carbonyl (C=O) groups excluding carboxylic acids is 4. The van der Waals surface area contributed by atoms with Crippen LogP contribution in [0.2, 0.25) is 0 Å². The van der Waals surface area contributed by atoms with Crippen molar-refractivity contribution < 1.29 is 67.4 Å². The van der Waals surface area contributed by atoms with Crippen LogP contribution in [-0.2, 0) is 80.6 Å². The molecule has 2 aliphatic heterocycles. The van der Waals surface area contributed by atoms with Crippen LogP contribution < -0.4 is 0 Å². The summed E-state index contributed by atoms with van der Waals surface area (Å²) >= 11 is 0. The van der Waals surface area contributed by atoms with Crippen molar-refractivity contribution in [2.45, 2.75) is 27.1 Å². The molecule has 0 aliphatic carbocycles. The van der Waals surface area contributed by atoms with Crippen LogP contribution in [0.1, 0.15) is 25.0 Å². The summed E-state index contributed by atoms with van der Waals surface area (Å²) in [5.74, 6) is 0.952. The Morgan fingerprint density at radius 1 is 0.590 bits per heavy atom. The van der Waals surface area contributed by atoms with Crippen molar-refractivity contribution in [3.63, 3.8) is 0 Å². The molecule has 2 heterocycles. The van der Waals surface area contributed by atoms with Crippen LogP contribution in [0, 0.1) is 11.8 Å². The van der Waals surface area contributed by atoms with Crippen LogP contribution in [0.4, 0.5) is 0 Å². The van der Waals surface area contributed by atoms with Gasteiger partial charge in [0.15, 0.2) is 0 Å². The summed E-state index contributed by atoms with van der Waals surface area (Å²) in [6, 6.07) is 20.1. The van der Waals surface area contributed by atoms with E-state index in [4.69, 9.17) is 46.3 Å². The van der Waals surface area contributed by atoms with Crippen molar-refractivity contribution >= 4 is 44.4 Å². The third-order valence-electron chi connectivity index (χ3n) is 4.22. The molecule has 218 valence electrons. The van der Waals surface area contributed by atoms with Gasteiger partial charge in [-0.2, -0.15) is 0 Å². The molecule has 2 aliphatic rings. The van der Waals surface area contributed by atoms with Gasteiger partial charge in [-0.25, -0.2) is 0 Å². The number of hydrogen-bond donors (Lipinski definition) is 0. The first-order valence-electron chi connectivity index (χ1n) is 11.3. The fourth-order valence-corrected chi connectivity index (χ4v) is 4.94. The van der Waals surface area contributed by atoms with Crippen molar-refractivity contribution in [3.8, 4) is 0 Å². The molecule has 0 aromatic heterocycles. The molecule has 39 heavy (non-hydrogen) atoms. The summed E-state index contributed by atoms with van der Waals surface area (Å²) in [7, 11) is -2.24. The Balaban J connectivity index is -0.000000519. The Labute approximate surface area is 248 Å². The van der Waals surface area contributed by atoms with Crippen molar-refractivity contribution in [1.29, 1.82) is 0 Å². The predicted octanol–water partition coefficient (Wildman–Crippen LogP) is 5.48. The molecule has 2 aromatic rings. The van der Waals surface area contributed by atoms with Crippen molar-refractivity contribution in [1.82, 2.24) is 0 Å². The van der Waals surface area contributed by atoms with E-state index in [2.05, 4.69) is 13.8 Å². The van der Waals surface area contributed by atoms with E-state index in [0.29, 0.717) is 25.0 Å². The van der Waals surface area contributed by atoms with Crippen molar-refractivity contribution in [2.24, 2.45) is 11.8 Å².